The second kappa shape index (κ2) is 8.59. The van der Waals surface area contributed by atoms with Gasteiger partial charge in [0.2, 0.25) is 0 Å². The Morgan fingerprint density at radius 1 is 1.24 bits per heavy atom. The van der Waals surface area contributed by atoms with Gasteiger partial charge in [-0.15, -0.1) is 0 Å². The van der Waals surface area contributed by atoms with E-state index in [-0.39, 0.29) is 11.9 Å². The molecule has 1 amide bonds. The van der Waals surface area contributed by atoms with Crippen LogP contribution in [0.1, 0.15) is 56.0 Å². The standard InChI is InChI=1S/C18H24Cl2N4O/c1-5-12(6-2)24-15(7-3)23-17(16(24)18(25)21-4)22-14-9-8-11(19)10-13(14)20/h8-10,12,22H,5-7H2,1-4H3,(H,21,25). The summed E-state index contributed by atoms with van der Waals surface area (Å²) in [5.41, 5.74) is 1.19. The summed E-state index contributed by atoms with van der Waals surface area (Å²) in [6, 6.07) is 5.39. The van der Waals surface area contributed by atoms with Gasteiger partial charge in [-0.2, -0.15) is 0 Å². The lowest BCUT2D eigenvalue weighted by Gasteiger charge is -2.20. The molecule has 0 aliphatic rings. The Hall–Kier alpha value is -1.72. The van der Waals surface area contributed by atoms with Gasteiger partial charge < -0.3 is 15.2 Å². The second-order valence-electron chi connectivity index (χ2n) is 5.75. The van der Waals surface area contributed by atoms with Crippen LogP contribution in [0.25, 0.3) is 0 Å². The Kier molecular flexibility index (Phi) is 6.73. The molecule has 0 atom stereocenters. The third-order valence-electron chi connectivity index (χ3n) is 4.23. The van der Waals surface area contributed by atoms with E-state index in [9.17, 15) is 4.79 Å². The molecule has 5 nitrogen and oxygen atoms in total. The van der Waals surface area contributed by atoms with Crippen molar-refractivity contribution in [2.75, 3.05) is 12.4 Å². The summed E-state index contributed by atoms with van der Waals surface area (Å²) in [7, 11) is 1.62. The summed E-state index contributed by atoms with van der Waals surface area (Å²) in [6.07, 6.45) is 2.58. The number of halogens is 2. The average Bonchev–Trinajstić information content (AvgIpc) is 2.96. The van der Waals surface area contributed by atoms with Crippen LogP contribution in [0.5, 0.6) is 0 Å². The summed E-state index contributed by atoms with van der Waals surface area (Å²) in [5.74, 6) is 1.21. The molecule has 1 aromatic heterocycles. The minimum Gasteiger partial charge on any atom is -0.354 e. The molecule has 2 N–H and O–H groups in total. The van der Waals surface area contributed by atoms with Crippen LogP contribution in [0.3, 0.4) is 0 Å². The molecule has 136 valence electrons. The summed E-state index contributed by atoms with van der Waals surface area (Å²) in [4.78, 5) is 17.3. The lowest BCUT2D eigenvalue weighted by Crippen LogP contribution is -2.25. The normalized spacial score (nSPS) is 11.0. The molecular weight excluding hydrogens is 359 g/mol. The van der Waals surface area contributed by atoms with Gasteiger partial charge in [-0.1, -0.05) is 44.0 Å². The van der Waals surface area contributed by atoms with Gasteiger partial charge in [0.05, 0.1) is 10.7 Å². The van der Waals surface area contributed by atoms with Gasteiger partial charge in [0.25, 0.3) is 5.91 Å². The molecule has 1 aromatic carbocycles. The van der Waals surface area contributed by atoms with Crippen LogP contribution < -0.4 is 10.6 Å². The summed E-state index contributed by atoms with van der Waals surface area (Å²) >= 11 is 12.2. The molecule has 25 heavy (non-hydrogen) atoms. The number of aromatic nitrogens is 2. The fraction of sp³-hybridized carbons (Fsp3) is 0.444. The maximum atomic E-state index is 12.6. The highest BCUT2D eigenvalue weighted by Crippen LogP contribution is 2.32. The van der Waals surface area contributed by atoms with Gasteiger partial charge >= 0.3 is 0 Å². The fourth-order valence-corrected chi connectivity index (χ4v) is 3.37. The lowest BCUT2D eigenvalue weighted by atomic mass is 10.1. The first-order chi connectivity index (χ1) is 12.0. The molecule has 0 unspecified atom stereocenters. The number of imidazole rings is 1. The molecule has 0 aliphatic heterocycles. The van der Waals surface area contributed by atoms with Crippen molar-refractivity contribution in [1.29, 1.82) is 0 Å². The number of hydrogen-bond donors (Lipinski definition) is 2. The Morgan fingerprint density at radius 2 is 1.92 bits per heavy atom. The number of rotatable bonds is 7. The van der Waals surface area contributed by atoms with Gasteiger partial charge in [0.1, 0.15) is 5.82 Å². The largest absolute Gasteiger partial charge is 0.354 e. The zero-order valence-corrected chi connectivity index (χ0v) is 16.5. The fourth-order valence-electron chi connectivity index (χ4n) is 2.92. The van der Waals surface area contributed by atoms with Crippen LogP contribution in [0.4, 0.5) is 11.5 Å². The van der Waals surface area contributed by atoms with Crippen LogP contribution in [-0.4, -0.2) is 22.5 Å². The van der Waals surface area contributed by atoms with Crippen molar-refractivity contribution in [3.63, 3.8) is 0 Å². The SMILES string of the molecule is CCc1nc(Nc2ccc(Cl)cc2Cl)c(C(=O)NC)n1C(CC)CC. The van der Waals surface area contributed by atoms with E-state index < -0.39 is 0 Å². The molecule has 2 rings (SSSR count). The van der Waals surface area contributed by atoms with Crippen molar-refractivity contribution < 1.29 is 4.79 Å². The van der Waals surface area contributed by atoms with Crippen molar-refractivity contribution >= 4 is 40.6 Å². The number of carbonyl (C=O) groups is 1. The third kappa shape index (κ3) is 4.10. The molecule has 0 saturated carbocycles. The number of carbonyl (C=O) groups excluding carboxylic acids is 1. The molecule has 1 heterocycles. The molecule has 0 bridgehead atoms. The van der Waals surface area contributed by atoms with E-state index in [0.717, 1.165) is 25.1 Å². The zero-order valence-electron chi connectivity index (χ0n) is 15.0. The van der Waals surface area contributed by atoms with E-state index >= 15 is 0 Å². The number of amides is 1. The van der Waals surface area contributed by atoms with E-state index in [4.69, 9.17) is 23.2 Å². The van der Waals surface area contributed by atoms with Crippen molar-refractivity contribution in [2.24, 2.45) is 0 Å². The minimum atomic E-state index is -0.174. The Balaban J connectivity index is 2.58. The van der Waals surface area contributed by atoms with Gasteiger partial charge in [-0.05, 0) is 31.0 Å². The molecular formula is C18H24Cl2N4O. The average molecular weight is 383 g/mol. The lowest BCUT2D eigenvalue weighted by molar-refractivity contribution is 0.0952. The van der Waals surface area contributed by atoms with Gasteiger partial charge in [0.15, 0.2) is 11.5 Å². The number of hydrogen-bond acceptors (Lipinski definition) is 3. The van der Waals surface area contributed by atoms with E-state index in [2.05, 4.69) is 29.5 Å². The summed E-state index contributed by atoms with van der Waals surface area (Å²) in [6.45, 7) is 6.27. The first kappa shape index (κ1) is 19.6. The van der Waals surface area contributed by atoms with Crippen molar-refractivity contribution in [2.45, 2.75) is 46.1 Å². The molecule has 2 aromatic rings. The maximum absolute atomic E-state index is 12.6. The van der Waals surface area contributed by atoms with Crippen LogP contribution in [0.2, 0.25) is 10.0 Å². The second-order valence-corrected chi connectivity index (χ2v) is 6.59. The van der Waals surface area contributed by atoms with Crippen LogP contribution in [0, 0.1) is 0 Å². The Labute approximate surface area is 158 Å². The number of nitrogens with zero attached hydrogens (tertiary/aromatic N) is 2. The first-order valence-corrected chi connectivity index (χ1v) is 9.27. The van der Waals surface area contributed by atoms with E-state index in [1.54, 1.807) is 25.2 Å². The molecule has 0 spiro atoms. The van der Waals surface area contributed by atoms with Crippen LogP contribution in [0.15, 0.2) is 18.2 Å². The molecule has 0 fully saturated rings. The van der Waals surface area contributed by atoms with Gasteiger partial charge in [0, 0.05) is 24.5 Å². The minimum absolute atomic E-state index is 0.174. The number of nitrogens with one attached hydrogen (secondary N) is 2. The quantitative estimate of drug-likeness (QED) is 0.690. The van der Waals surface area contributed by atoms with E-state index in [0.29, 0.717) is 27.2 Å². The Bertz CT molecular complexity index is 754. The zero-order chi connectivity index (χ0) is 18.6. The predicted molar refractivity (Wildman–Crippen MR) is 104 cm³/mol. The molecule has 0 aliphatic carbocycles. The molecule has 0 radical (unpaired) electrons. The molecule has 0 saturated heterocycles. The van der Waals surface area contributed by atoms with Crippen molar-refractivity contribution in [3.05, 3.63) is 39.8 Å². The number of anilines is 2. The third-order valence-corrected chi connectivity index (χ3v) is 4.78. The van der Waals surface area contributed by atoms with Gasteiger partial charge in [-0.3, -0.25) is 4.79 Å². The Morgan fingerprint density at radius 3 is 2.44 bits per heavy atom. The monoisotopic (exact) mass is 382 g/mol. The topological polar surface area (TPSA) is 59.0 Å². The van der Waals surface area contributed by atoms with E-state index in [1.165, 1.54) is 0 Å². The highest BCUT2D eigenvalue weighted by molar-refractivity contribution is 6.36. The first-order valence-electron chi connectivity index (χ1n) is 8.51. The van der Waals surface area contributed by atoms with E-state index in [1.807, 2.05) is 11.5 Å². The molecule has 7 heteroatoms. The maximum Gasteiger partial charge on any atom is 0.271 e. The van der Waals surface area contributed by atoms with Crippen LogP contribution >= 0.6 is 23.2 Å². The number of benzene rings is 1. The highest BCUT2D eigenvalue weighted by Gasteiger charge is 2.25. The summed E-state index contributed by atoms with van der Waals surface area (Å²) in [5, 5.41) is 6.95. The predicted octanol–water partition coefficient (Wildman–Crippen LogP) is 5.22. The van der Waals surface area contributed by atoms with Crippen molar-refractivity contribution in [3.8, 4) is 0 Å². The number of aryl methyl sites for hydroxylation is 1. The van der Waals surface area contributed by atoms with Crippen LogP contribution in [-0.2, 0) is 6.42 Å². The highest BCUT2D eigenvalue weighted by atomic mass is 35.5. The smallest absolute Gasteiger partial charge is 0.271 e. The van der Waals surface area contributed by atoms with Crippen molar-refractivity contribution in [1.82, 2.24) is 14.9 Å². The summed E-state index contributed by atoms with van der Waals surface area (Å²) < 4.78 is 2.05. The van der Waals surface area contributed by atoms with Gasteiger partial charge in [-0.25, -0.2) is 4.98 Å².